The summed E-state index contributed by atoms with van der Waals surface area (Å²) >= 11 is 0. The van der Waals surface area contributed by atoms with Crippen LogP contribution in [0.4, 0.5) is 4.39 Å². The number of nitrogens with zero attached hydrogens (tertiary/aromatic N) is 3. The smallest absolute Gasteiger partial charge is 0.193 e. The van der Waals surface area contributed by atoms with Crippen LogP contribution in [0.25, 0.3) is 28.4 Å². The van der Waals surface area contributed by atoms with Crippen molar-refractivity contribution < 1.29 is 32.9 Å². The van der Waals surface area contributed by atoms with E-state index in [1.165, 1.54) is 18.2 Å². The molecule has 0 saturated heterocycles. The molecule has 6 rings (SSSR count). The number of phenols is 1. The lowest BCUT2D eigenvalue weighted by Crippen LogP contribution is -2.12. The lowest BCUT2D eigenvalue weighted by Gasteiger charge is -2.08. The van der Waals surface area contributed by atoms with E-state index in [4.69, 9.17) is 18.6 Å². The lowest BCUT2D eigenvalue weighted by molar-refractivity contribution is 0.0923. The minimum atomic E-state index is -0.606. The monoisotopic (exact) mass is 689 g/mol. The Morgan fingerprint density at radius 2 is 1.67 bits per heavy atom. The minimum absolute atomic E-state index is 0.0400. The van der Waals surface area contributed by atoms with Gasteiger partial charge in [0.25, 0.3) is 0 Å². The van der Waals surface area contributed by atoms with Gasteiger partial charge in [-0.05, 0) is 67.3 Å². The van der Waals surface area contributed by atoms with Crippen molar-refractivity contribution in [3.05, 3.63) is 142 Å². The summed E-state index contributed by atoms with van der Waals surface area (Å²) in [5.74, 6) is 0.403. The molecule has 0 atom stereocenters. The predicted molar refractivity (Wildman–Crippen MR) is 191 cm³/mol. The number of aromatic nitrogens is 3. The molecule has 51 heavy (non-hydrogen) atoms. The SMILES string of the molecule is O=C(/C=C/c1ccc(OCCCCc2cn(CCOCCOc3ccc4c(=O)cc(-c5ccccc5)oc4c3)nn2)cc1)c1ccc(F)cc1O. The number of ether oxygens (including phenoxy) is 3. The number of carbonyl (C=O) groups excluding carboxylic acids is 1. The van der Waals surface area contributed by atoms with E-state index in [0.29, 0.717) is 61.2 Å². The Balaban J connectivity index is 0.845. The van der Waals surface area contributed by atoms with E-state index in [0.717, 1.165) is 48.2 Å². The van der Waals surface area contributed by atoms with Crippen LogP contribution >= 0.6 is 0 Å². The van der Waals surface area contributed by atoms with E-state index in [-0.39, 0.29) is 11.0 Å². The summed E-state index contributed by atoms with van der Waals surface area (Å²) in [6.07, 6.45) is 7.38. The predicted octanol–water partition coefficient (Wildman–Crippen LogP) is 7.29. The summed E-state index contributed by atoms with van der Waals surface area (Å²) in [7, 11) is 0. The number of benzene rings is 4. The number of aromatic hydroxyl groups is 1. The molecule has 10 nitrogen and oxygen atoms in total. The first-order valence-electron chi connectivity index (χ1n) is 16.6. The second-order valence-electron chi connectivity index (χ2n) is 11.7. The van der Waals surface area contributed by atoms with Crippen LogP contribution in [-0.4, -0.2) is 52.3 Å². The summed E-state index contributed by atoms with van der Waals surface area (Å²) < 4.78 is 38.3. The molecule has 0 saturated carbocycles. The van der Waals surface area contributed by atoms with E-state index in [1.54, 1.807) is 29.0 Å². The molecule has 0 aliphatic rings. The van der Waals surface area contributed by atoms with E-state index >= 15 is 0 Å². The highest BCUT2D eigenvalue weighted by atomic mass is 19.1. The fourth-order valence-electron chi connectivity index (χ4n) is 5.26. The third-order valence-corrected chi connectivity index (χ3v) is 7.93. The molecule has 0 radical (unpaired) electrons. The molecule has 0 amide bonds. The average molecular weight is 690 g/mol. The molecule has 0 aliphatic carbocycles. The number of hydrogen-bond acceptors (Lipinski definition) is 9. The van der Waals surface area contributed by atoms with Gasteiger partial charge in [-0.2, -0.15) is 0 Å². The zero-order chi connectivity index (χ0) is 35.4. The van der Waals surface area contributed by atoms with Gasteiger partial charge in [0.05, 0.1) is 43.0 Å². The van der Waals surface area contributed by atoms with Crippen LogP contribution in [0.3, 0.4) is 0 Å². The van der Waals surface area contributed by atoms with E-state index < -0.39 is 17.3 Å². The maximum absolute atomic E-state index is 13.2. The van der Waals surface area contributed by atoms with Crippen molar-refractivity contribution >= 4 is 22.8 Å². The third kappa shape index (κ3) is 9.77. The zero-order valence-electron chi connectivity index (χ0n) is 27.7. The van der Waals surface area contributed by atoms with Gasteiger partial charge in [-0.15, -0.1) is 5.10 Å². The van der Waals surface area contributed by atoms with Crippen molar-refractivity contribution in [3.8, 4) is 28.6 Å². The molecular weight excluding hydrogens is 653 g/mol. The molecule has 0 spiro atoms. The van der Waals surface area contributed by atoms with Crippen molar-refractivity contribution in [3.63, 3.8) is 0 Å². The fraction of sp³-hybridized carbons (Fsp3) is 0.200. The summed E-state index contributed by atoms with van der Waals surface area (Å²) in [5.41, 5.74) is 2.92. The van der Waals surface area contributed by atoms with Gasteiger partial charge in [-0.25, -0.2) is 9.07 Å². The molecule has 2 aromatic heterocycles. The van der Waals surface area contributed by atoms with Crippen molar-refractivity contribution in [2.45, 2.75) is 25.8 Å². The first-order chi connectivity index (χ1) is 24.9. The highest BCUT2D eigenvalue weighted by molar-refractivity contribution is 6.08. The van der Waals surface area contributed by atoms with Gasteiger partial charge in [0.2, 0.25) is 0 Å². The summed E-state index contributed by atoms with van der Waals surface area (Å²) in [6, 6.07) is 26.8. The number of allylic oxidation sites excluding steroid dienone is 1. The summed E-state index contributed by atoms with van der Waals surface area (Å²) in [6.45, 7) is 2.29. The van der Waals surface area contributed by atoms with Crippen molar-refractivity contribution in [2.75, 3.05) is 26.4 Å². The van der Waals surface area contributed by atoms with Gasteiger partial charge in [-0.1, -0.05) is 53.8 Å². The maximum Gasteiger partial charge on any atom is 0.193 e. The number of fused-ring (bicyclic) bond motifs is 1. The summed E-state index contributed by atoms with van der Waals surface area (Å²) in [4.78, 5) is 24.9. The van der Waals surface area contributed by atoms with Crippen LogP contribution in [0.1, 0.15) is 34.5 Å². The van der Waals surface area contributed by atoms with Gasteiger partial charge < -0.3 is 23.7 Å². The zero-order valence-corrected chi connectivity index (χ0v) is 27.7. The number of ketones is 1. The van der Waals surface area contributed by atoms with Gasteiger partial charge >= 0.3 is 0 Å². The summed E-state index contributed by atoms with van der Waals surface area (Å²) in [5, 5.41) is 18.7. The largest absolute Gasteiger partial charge is 0.507 e. The minimum Gasteiger partial charge on any atom is -0.507 e. The quantitative estimate of drug-likeness (QED) is 0.0597. The number of halogens is 1. The molecule has 0 bridgehead atoms. The van der Waals surface area contributed by atoms with Crippen LogP contribution in [0.15, 0.2) is 119 Å². The Bertz CT molecular complexity index is 2160. The van der Waals surface area contributed by atoms with E-state index in [2.05, 4.69) is 10.3 Å². The van der Waals surface area contributed by atoms with Crippen molar-refractivity contribution in [2.24, 2.45) is 0 Å². The van der Waals surface area contributed by atoms with Crippen LogP contribution in [0.5, 0.6) is 17.2 Å². The van der Waals surface area contributed by atoms with Crippen LogP contribution in [0.2, 0.25) is 0 Å². The van der Waals surface area contributed by atoms with E-state index in [9.17, 15) is 19.1 Å². The molecule has 0 fully saturated rings. The topological polar surface area (TPSA) is 126 Å². The Labute approximate surface area is 293 Å². The number of carbonyl (C=O) groups is 1. The van der Waals surface area contributed by atoms with Crippen molar-refractivity contribution in [1.29, 1.82) is 0 Å². The Kier molecular flexibility index (Phi) is 11.6. The molecule has 4 aromatic carbocycles. The van der Waals surface area contributed by atoms with Gasteiger partial charge in [0, 0.05) is 30.0 Å². The first kappa shape index (κ1) is 34.8. The Morgan fingerprint density at radius 1 is 0.863 bits per heavy atom. The molecule has 0 unspecified atom stereocenters. The van der Waals surface area contributed by atoms with Crippen molar-refractivity contribution in [1.82, 2.24) is 15.0 Å². The Hall–Kier alpha value is -6.07. The average Bonchev–Trinajstić information content (AvgIpc) is 3.60. The number of phenolic OH excluding ortho intramolecular Hbond substituents is 1. The van der Waals surface area contributed by atoms with Crippen LogP contribution in [-0.2, 0) is 17.7 Å². The van der Waals surface area contributed by atoms with E-state index in [1.807, 2.05) is 60.8 Å². The molecule has 2 heterocycles. The van der Waals surface area contributed by atoms with Crippen LogP contribution in [0, 0.1) is 5.82 Å². The highest BCUT2D eigenvalue weighted by Gasteiger charge is 2.10. The first-order valence-corrected chi connectivity index (χ1v) is 16.6. The normalized spacial score (nSPS) is 11.3. The van der Waals surface area contributed by atoms with Gasteiger partial charge in [0.15, 0.2) is 11.2 Å². The highest BCUT2D eigenvalue weighted by Crippen LogP contribution is 2.25. The molecule has 11 heteroatoms. The number of aryl methyl sites for hydroxylation is 1. The molecule has 6 aromatic rings. The Morgan fingerprint density at radius 3 is 2.49 bits per heavy atom. The standard InChI is InChI=1S/C40H36FN3O7/c41-30-12-16-34(37(46)24-30)36(45)18-11-28-9-13-32(14-10-28)49-20-5-4-8-31-27-44(43-42-31)19-21-48-22-23-50-33-15-17-35-38(47)26-39(51-40(35)25-33)29-6-2-1-3-7-29/h1-3,6-7,9-18,24-27,46H,4-5,8,19-23H2/b18-11+. The maximum atomic E-state index is 13.2. The van der Waals surface area contributed by atoms with Gasteiger partial charge in [0.1, 0.15) is 41.0 Å². The molecule has 0 aliphatic heterocycles. The number of rotatable bonds is 17. The number of unbranched alkanes of at least 4 members (excludes halogenated alkanes) is 1. The fourth-order valence-corrected chi connectivity index (χ4v) is 5.26. The second-order valence-corrected chi connectivity index (χ2v) is 11.7. The molecular formula is C40H36FN3O7. The molecule has 260 valence electrons. The second kappa shape index (κ2) is 17.0. The third-order valence-electron chi connectivity index (χ3n) is 7.93. The molecule has 1 N–H and O–H groups in total. The van der Waals surface area contributed by atoms with Crippen LogP contribution < -0.4 is 14.9 Å². The van der Waals surface area contributed by atoms with Gasteiger partial charge in [-0.3, -0.25) is 9.59 Å². The number of hydrogen-bond donors (Lipinski definition) is 1. The lowest BCUT2D eigenvalue weighted by atomic mass is 10.1.